The highest BCUT2D eigenvalue weighted by molar-refractivity contribution is 6.29. The predicted molar refractivity (Wildman–Crippen MR) is 80.3 cm³/mol. The lowest BCUT2D eigenvalue weighted by atomic mass is 10.0. The number of nitrogens with zero attached hydrogens (tertiary/aromatic N) is 2. The molecule has 0 saturated carbocycles. The minimum Gasteiger partial charge on any atom is -0.321 e. The van der Waals surface area contributed by atoms with Gasteiger partial charge in [-0.05, 0) is 30.5 Å². The summed E-state index contributed by atoms with van der Waals surface area (Å²) in [5.74, 6) is 0.635. The molecule has 0 saturated heterocycles. The van der Waals surface area contributed by atoms with Gasteiger partial charge in [-0.2, -0.15) is 0 Å². The van der Waals surface area contributed by atoms with Crippen LogP contribution in [0, 0.1) is 6.92 Å². The van der Waals surface area contributed by atoms with Crippen molar-refractivity contribution in [1.29, 1.82) is 0 Å². The maximum absolute atomic E-state index is 12.1. The van der Waals surface area contributed by atoms with E-state index in [0.29, 0.717) is 11.7 Å². The average molecular weight is 290 g/mol. The number of carbonyl (C=O) groups excluding carboxylic acids is 1. The van der Waals surface area contributed by atoms with Crippen molar-refractivity contribution < 1.29 is 4.79 Å². The fourth-order valence-electron chi connectivity index (χ4n) is 1.79. The van der Waals surface area contributed by atoms with Crippen LogP contribution in [-0.2, 0) is 0 Å². The predicted octanol–water partition coefficient (Wildman–Crippen LogP) is 3.81. The Morgan fingerprint density at radius 3 is 2.40 bits per heavy atom. The molecule has 5 heteroatoms. The number of aryl methyl sites for hydroxylation is 1. The van der Waals surface area contributed by atoms with Crippen molar-refractivity contribution in [3.8, 4) is 0 Å². The lowest BCUT2D eigenvalue weighted by molar-refractivity contribution is 0.102. The van der Waals surface area contributed by atoms with E-state index < -0.39 is 0 Å². The number of hydrogen-bond donors (Lipinski definition) is 1. The van der Waals surface area contributed by atoms with Crippen LogP contribution >= 0.6 is 11.6 Å². The molecule has 1 heterocycles. The molecule has 0 aliphatic rings. The van der Waals surface area contributed by atoms with Gasteiger partial charge in [0.25, 0.3) is 5.91 Å². The van der Waals surface area contributed by atoms with Gasteiger partial charge in [0.15, 0.2) is 0 Å². The molecule has 1 aromatic heterocycles. The smallest absolute Gasteiger partial charge is 0.274 e. The molecule has 0 unspecified atom stereocenters. The average Bonchev–Trinajstić information content (AvgIpc) is 2.38. The van der Waals surface area contributed by atoms with Crippen LogP contribution in [0.25, 0.3) is 0 Å². The van der Waals surface area contributed by atoms with Gasteiger partial charge in [0.1, 0.15) is 16.7 Å². The molecule has 0 aliphatic carbocycles. The van der Waals surface area contributed by atoms with E-state index in [1.807, 2.05) is 24.3 Å². The van der Waals surface area contributed by atoms with Gasteiger partial charge in [-0.1, -0.05) is 37.6 Å². The standard InChI is InChI=1S/C15H16ClN3O/c1-9(2)11-4-6-12(7-5-11)19-15(20)13-8-14(16)18-10(3)17-13/h4-9H,1-3H3,(H,19,20). The van der Waals surface area contributed by atoms with Gasteiger partial charge < -0.3 is 5.32 Å². The van der Waals surface area contributed by atoms with Gasteiger partial charge in [0, 0.05) is 11.8 Å². The quantitative estimate of drug-likeness (QED) is 0.874. The molecule has 1 N–H and O–H groups in total. The van der Waals surface area contributed by atoms with Crippen molar-refractivity contribution in [1.82, 2.24) is 9.97 Å². The lowest BCUT2D eigenvalue weighted by Crippen LogP contribution is -2.14. The van der Waals surface area contributed by atoms with Crippen LogP contribution in [0.15, 0.2) is 30.3 Å². The summed E-state index contributed by atoms with van der Waals surface area (Å²) in [5, 5.41) is 3.05. The van der Waals surface area contributed by atoms with Crippen molar-refractivity contribution in [2.75, 3.05) is 5.32 Å². The molecular formula is C15H16ClN3O. The highest BCUT2D eigenvalue weighted by Crippen LogP contribution is 2.17. The summed E-state index contributed by atoms with van der Waals surface area (Å²) >= 11 is 5.82. The maximum Gasteiger partial charge on any atom is 0.274 e. The van der Waals surface area contributed by atoms with Crippen LogP contribution in [-0.4, -0.2) is 15.9 Å². The molecule has 0 bridgehead atoms. The summed E-state index contributed by atoms with van der Waals surface area (Å²) in [4.78, 5) is 20.1. The number of amides is 1. The molecule has 20 heavy (non-hydrogen) atoms. The van der Waals surface area contributed by atoms with Gasteiger partial charge >= 0.3 is 0 Å². The fraction of sp³-hybridized carbons (Fsp3) is 0.267. The van der Waals surface area contributed by atoms with Gasteiger partial charge in [-0.3, -0.25) is 4.79 Å². The minimum absolute atomic E-state index is 0.260. The zero-order valence-corrected chi connectivity index (χ0v) is 12.4. The number of rotatable bonds is 3. The minimum atomic E-state index is -0.297. The zero-order valence-electron chi connectivity index (χ0n) is 11.6. The Morgan fingerprint density at radius 1 is 1.20 bits per heavy atom. The summed E-state index contributed by atoms with van der Waals surface area (Å²) < 4.78 is 0. The molecule has 2 rings (SSSR count). The Labute approximate surface area is 123 Å². The van der Waals surface area contributed by atoms with E-state index in [4.69, 9.17) is 11.6 Å². The second-order valence-corrected chi connectivity index (χ2v) is 5.24. The molecule has 1 aromatic carbocycles. The normalized spacial score (nSPS) is 10.7. The first-order valence-electron chi connectivity index (χ1n) is 6.38. The molecule has 0 spiro atoms. The molecule has 104 valence electrons. The third kappa shape index (κ3) is 3.54. The van der Waals surface area contributed by atoms with E-state index in [2.05, 4.69) is 29.1 Å². The highest BCUT2D eigenvalue weighted by Gasteiger charge is 2.10. The van der Waals surface area contributed by atoms with Crippen LogP contribution in [0.4, 0.5) is 5.69 Å². The van der Waals surface area contributed by atoms with Crippen LogP contribution in [0.3, 0.4) is 0 Å². The summed E-state index contributed by atoms with van der Waals surface area (Å²) in [5.41, 5.74) is 2.21. The number of benzene rings is 1. The fourth-order valence-corrected chi connectivity index (χ4v) is 2.02. The number of aromatic nitrogens is 2. The maximum atomic E-state index is 12.1. The van der Waals surface area contributed by atoms with Gasteiger partial charge in [-0.25, -0.2) is 9.97 Å². The zero-order chi connectivity index (χ0) is 14.7. The van der Waals surface area contributed by atoms with Crippen molar-refractivity contribution in [3.63, 3.8) is 0 Å². The van der Waals surface area contributed by atoms with Crippen molar-refractivity contribution in [2.45, 2.75) is 26.7 Å². The van der Waals surface area contributed by atoms with Crippen LogP contribution in [0.2, 0.25) is 5.15 Å². The van der Waals surface area contributed by atoms with E-state index in [9.17, 15) is 4.79 Å². The summed E-state index contributed by atoms with van der Waals surface area (Å²) in [7, 11) is 0. The number of halogens is 1. The second kappa shape index (κ2) is 6.01. The monoisotopic (exact) mass is 289 g/mol. The molecule has 0 fully saturated rings. The number of anilines is 1. The summed E-state index contributed by atoms with van der Waals surface area (Å²) in [6, 6.07) is 9.20. The van der Waals surface area contributed by atoms with E-state index >= 15 is 0 Å². The Morgan fingerprint density at radius 2 is 1.85 bits per heavy atom. The van der Waals surface area contributed by atoms with Gasteiger partial charge in [0.05, 0.1) is 0 Å². The first-order chi connectivity index (χ1) is 9.45. The molecule has 0 aliphatic heterocycles. The molecule has 2 aromatic rings. The Hall–Kier alpha value is -1.94. The number of nitrogens with one attached hydrogen (secondary N) is 1. The third-order valence-corrected chi connectivity index (χ3v) is 3.07. The van der Waals surface area contributed by atoms with Gasteiger partial charge in [0.2, 0.25) is 0 Å². The first kappa shape index (κ1) is 14.5. The van der Waals surface area contributed by atoms with E-state index in [1.54, 1.807) is 6.92 Å². The van der Waals surface area contributed by atoms with Crippen molar-refractivity contribution in [2.24, 2.45) is 0 Å². The highest BCUT2D eigenvalue weighted by atomic mass is 35.5. The van der Waals surface area contributed by atoms with Crippen LogP contribution in [0.1, 0.15) is 41.6 Å². The van der Waals surface area contributed by atoms with E-state index in [1.165, 1.54) is 11.6 Å². The molecule has 1 amide bonds. The molecular weight excluding hydrogens is 274 g/mol. The summed E-state index contributed by atoms with van der Waals surface area (Å²) in [6.45, 7) is 5.94. The van der Waals surface area contributed by atoms with Crippen molar-refractivity contribution in [3.05, 3.63) is 52.6 Å². The molecule has 0 radical (unpaired) electrons. The topological polar surface area (TPSA) is 54.9 Å². The van der Waals surface area contributed by atoms with Crippen LogP contribution < -0.4 is 5.32 Å². The van der Waals surface area contributed by atoms with E-state index in [0.717, 1.165) is 5.69 Å². The Kier molecular flexibility index (Phi) is 4.35. The Balaban J connectivity index is 2.14. The Bertz CT molecular complexity index is 603. The van der Waals surface area contributed by atoms with Crippen molar-refractivity contribution >= 4 is 23.2 Å². The first-order valence-corrected chi connectivity index (χ1v) is 6.76. The van der Waals surface area contributed by atoms with Crippen LogP contribution in [0.5, 0.6) is 0 Å². The lowest BCUT2D eigenvalue weighted by Gasteiger charge is -2.08. The molecule has 4 nitrogen and oxygen atoms in total. The number of hydrogen-bond acceptors (Lipinski definition) is 3. The molecule has 0 atom stereocenters. The largest absolute Gasteiger partial charge is 0.321 e. The third-order valence-electron chi connectivity index (χ3n) is 2.87. The summed E-state index contributed by atoms with van der Waals surface area (Å²) in [6.07, 6.45) is 0. The SMILES string of the molecule is Cc1nc(Cl)cc(C(=O)Nc2ccc(C(C)C)cc2)n1. The second-order valence-electron chi connectivity index (χ2n) is 4.85. The van der Waals surface area contributed by atoms with E-state index in [-0.39, 0.29) is 16.8 Å². The van der Waals surface area contributed by atoms with Gasteiger partial charge in [-0.15, -0.1) is 0 Å². The number of carbonyl (C=O) groups is 1.